The van der Waals surface area contributed by atoms with Crippen molar-refractivity contribution < 1.29 is 121 Å². The van der Waals surface area contributed by atoms with Crippen LogP contribution in [-0.2, 0) is 38.1 Å². The van der Waals surface area contributed by atoms with E-state index in [2.05, 4.69) is 35.7 Å². The fraction of sp³-hybridized carbons (Fsp3) is 0.333. The summed E-state index contributed by atoms with van der Waals surface area (Å²) in [5.41, 5.74) is 0.143. The van der Waals surface area contributed by atoms with E-state index in [-0.39, 0.29) is 93.5 Å². The average molecular weight is 1590 g/mol. The van der Waals surface area contributed by atoms with Gasteiger partial charge in [-0.05, 0) is 224 Å². The molecule has 110 heavy (non-hydrogen) atoms. The van der Waals surface area contributed by atoms with E-state index in [0.717, 1.165) is 125 Å². The fourth-order valence-corrected chi connectivity index (χ4v) is 8.75. The molecule has 6 N–H and O–H groups in total. The number of alkyl halides is 1. The molecule has 29 heteroatoms. The van der Waals surface area contributed by atoms with Gasteiger partial charge in [-0.1, -0.05) is 35.7 Å². The van der Waals surface area contributed by atoms with Crippen LogP contribution in [0, 0.1) is 34.0 Å². The van der Waals surface area contributed by atoms with Crippen LogP contribution in [0.1, 0.15) is 178 Å². The second-order valence-corrected chi connectivity index (χ2v) is 23.5. The molecule has 0 unspecified atom stereocenters. The number of nitrogens with zero attached hydrogens (tertiary/aromatic N) is 3. The molecule has 0 spiro atoms. The summed E-state index contributed by atoms with van der Waals surface area (Å²) in [6, 6.07) is 35.9. The van der Waals surface area contributed by atoms with Crippen molar-refractivity contribution in [1.29, 1.82) is 15.8 Å². The highest BCUT2D eigenvalue weighted by Crippen LogP contribution is 2.29. The summed E-state index contributed by atoms with van der Waals surface area (Å²) in [4.78, 5) is 104. The molecule has 6 aromatic rings. The first-order chi connectivity index (χ1) is 53.0. The molecular formula is C81H90BrN3O25. The second kappa shape index (κ2) is 57.5. The molecule has 0 saturated carbocycles. The number of nitriles is 3. The van der Waals surface area contributed by atoms with Crippen molar-refractivity contribution in [2.24, 2.45) is 0 Å². The largest absolute Gasteiger partial charge is 0.508 e. The lowest BCUT2D eigenvalue weighted by Gasteiger charge is -2.13. The number of aromatic hydroxyl groups is 4. The number of carboxylic acids is 2. The van der Waals surface area contributed by atoms with Gasteiger partial charge in [0.2, 0.25) is 0 Å². The molecule has 0 fully saturated rings. The lowest BCUT2D eigenvalue weighted by Crippen LogP contribution is -2.14. The maximum absolute atomic E-state index is 13.1. The van der Waals surface area contributed by atoms with Crippen LogP contribution >= 0.6 is 15.9 Å². The first-order valence-electron chi connectivity index (χ1n) is 34.7. The molecule has 28 nitrogen and oxygen atoms in total. The fourth-order valence-electron chi connectivity index (χ4n) is 8.47. The van der Waals surface area contributed by atoms with E-state index in [1.165, 1.54) is 60.7 Å². The summed E-state index contributed by atoms with van der Waals surface area (Å²) in [7, 11) is 0. The summed E-state index contributed by atoms with van der Waals surface area (Å²) in [5, 5.41) is 79.3. The minimum atomic E-state index is -1.27. The molecule has 6 aromatic carbocycles. The van der Waals surface area contributed by atoms with Gasteiger partial charge in [-0.3, -0.25) is 0 Å². The molecule has 0 aliphatic rings. The Bertz CT molecular complexity index is 4010. The van der Waals surface area contributed by atoms with E-state index >= 15 is 0 Å². The number of carboxylic acid groups (broad SMARTS) is 2. The molecule has 0 aromatic heterocycles. The van der Waals surface area contributed by atoms with Crippen LogP contribution < -0.4 is 23.7 Å². The number of hydrogen-bond donors (Lipinski definition) is 6. The Balaban J connectivity index is 0.000000607. The van der Waals surface area contributed by atoms with Crippen molar-refractivity contribution >= 4 is 69.7 Å². The predicted octanol–water partition coefficient (Wildman–Crippen LogP) is 15.0. The molecule has 0 amide bonds. The Kier molecular flexibility index (Phi) is 48.9. The minimum absolute atomic E-state index is 0.0102. The Morgan fingerprint density at radius 3 is 1.04 bits per heavy atom. The van der Waals surface area contributed by atoms with Crippen LogP contribution in [0.4, 0.5) is 0 Å². The molecular weight excluding hydrogens is 1490 g/mol. The van der Waals surface area contributed by atoms with Crippen molar-refractivity contribution in [3.63, 3.8) is 0 Å². The Hall–Kier alpha value is -12.7. The highest BCUT2D eigenvalue weighted by molar-refractivity contribution is 9.09. The second-order valence-electron chi connectivity index (χ2n) is 22.7. The maximum Gasteiger partial charge on any atom is 0.343 e. The molecule has 0 aliphatic carbocycles. The Morgan fingerprint density at radius 1 is 0.345 bits per heavy atom. The van der Waals surface area contributed by atoms with Crippen LogP contribution in [0.5, 0.6) is 51.7 Å². The number of phenols is 4. The molecule has 0 saturated heterocycles. The lowest BCUT2D eigenvalue weighted by molar-refractivity contribution is -0.138. The van der Waals surface area contributed by atoms with Crippen LogP contribution in [0.15, 0.2) is 165 Å². The number of carbonyl (C=O) groups excluding carboxylic acids is 7. The van der Waals surface area contributed by atoms with Gasteiger partial charge in [0, 0.05) is 42.8 Å². The van der Waals surface area contributed by atoms with Gasteiger partial charge >= 0.3 is 53.7 Å². The van der Waals surface area contributed by atoms with E-state index in [9.17, 15) is 48.3 Å². The van der Waals surface area contributed by atoms with Gasteiger partial charge in [0.15, 0.2) is 0 Å². The van der Waals surface area contributed by atoms with Gasteiger partial charge < -0.3 is 78.0 Å². The summed E-state index contributed by atoms with van der Waals surface area (Å²) in [5.74, 6) is -5.65. The average Bonchev–Trinajstić information content (AvgIpc) is 0.822. The number of carbonyl (C=O) groups is 9. The van der Waals surface area contributed by atoms with Gasteiger partial charge in [-0.15, -0.1) is 0 Å². The first-order valence-corrected chi connectivity index (χ1v) is 35.8. The molecule has 0 bridgehead atoms. The topological polar surface area (TPSA) is 439 Å². The van der Waals surface area contributed by atoms with Crippen LogP contribution in [0.2, 0.25) is 0 Å². The van der Waals surface area contributed by atoms with E-state index < -0.39 is 47.8 Å². The van der Waals surface area contributed by atoms with Gasteiger partial charge in [-0.25, -0.2) is 43.2 Å². The van der Waals surface area contributed by atoms with Crippen molar-refractivity contribution in [3.05, 3.63) is 199 Å². The SMILES string of the molecule is C=CC(=O)OCCCCCCOc1ccc(C(=O)O)cc1.C=CC(=O)OCCCCCCOc1ccc(C(=O)Oc2ccc(OC(=O)c3ccc(OCCCCCCOC(=O)C=C)cc3)c(C(=O)OCCCC#N)c2)cc1.N#CCCCBr.N#CCCCOC(=O)c1cc(O)ccc1O.O=C(O)c1cc(O)ccc1O. The Morgan fingerprint density at radius 2 is 0.682 bits per heavy atom. The minimum Gasteiger partial charge on any atom is -0.508 e. The number of rotatable bonds is 43. The molecule has 0 aliphatic heterocycles. The maximum atomic E-state index is 13.1. The molecule has 0 atom stereocenters. The normalized spacial score (nSPS) is 9.84. The highest BCUT2D eigenvalue weighted by atomic mass is 79.9. The smallest absolute Gasteiger partial charge is 0.343 e. The summed E-state index contributed by atoms with van der Waals surface area (Å²) < 4.78 is 53.0. The van der Waals surface area contributed by atoms with Crippen molar-refractivity contribution in [3.8, 4) is 70.0 Å². The number of benzene rings is 6. The number of unbranched alkanes of at least 4 members (excludes halogenated alkanes) is 12. The van der Waals surface area contributed by atoms with Gasteiger partial charge in [0.25, 0.3) is 0 Å². The van der Waals surface area contributed by atoms with Gasteiger partial charge in [0.05, 0.1) is 87.8 Å². The van der Waals surface area contributed by atoms with Crippen LogP contribution in [-0.4, -0.2) is 143 Å². The van der Waals surface area contributed by atoms with Crippen LogP contribution in [0.3, 0.4) is 0 Å². The van der Waals surface area contributed by atoms with E-state index in [0.29, 0.717) is 82.6 Å². The van der Waals surface area contributed by atoms with Crippen molar-refractivity contribution in [2.45, 2.75) is 116 Å². The summed E-state index contributed by atoms with van der Waals surface area (Å²) in [6.45, 7) is 12.7. The van der Waals surface area contributed by atoms with E-state index in [1.807, 2.05) is 18.2 Å². The zero-order valence-electron chi connectivity index (χ0n) is 60.7. The molecule has 586 valence electrons. The third-order valence-electron chi connectivity index (χ3n) is 14.2. The molecule has 6 rings (SSSR count). The van der Waals surface area contributed by atoms with Crippen molar-refractivity contribution in [2.75, 3.05) is 58.2 Å². The zero-order valence-corrected chi connectivity index (χ0v) is 62.3. The summed E-state index contributed by atoms with van der Waals surface area (Å²) in [6.07, 6.45) is 16.6. The Labute approximate surface area is 645 Å². The molecule has 0 heterocycles. The lowest BCUT2D eigenvalue weighted by atomic mass is 10.1. The van der Waals surface area contributed by atoms with Crippen LogP contribution in [0.25, 0.3) is 0 Å². The number of aromatic carboxylic acids is 2. The standard InChI is InChI=1S/C43H47NO12.C16H20O5.C11H11NO4.C7H6O4.C4H6BrN/c1-3-39(45)52-28-12-7-5-10-26-50-34-19-15-32(16-20-34)41(47)55-36-23-24-38(37(31-36)43(49)54-30-14-9-25-44)56-42(48)33-17-21-35(22-18-33)51-27-11-6-8-13-29-53-40(46)4-2;1-2-15(17)21-12-6-4-3-5-11-20-14-9-7-13(8-10-14)16(18)19;12-5-1-2-6-16-11(15)9-7-8(13)3-4-10(9)14;8-4-1-2-6(9)5(3-4)7(10)11;5-3-1-2-4-6/h3-4,15-24,31H,1-2,5-14,26-30H2;2,7-10H,1,3-6,11-12H2,(H,18,19);3-4,7,13-14H,1-2,6H2;1-3,8-9H,(H,10,11);1-3H2. The number of halogens is 1. The zero-order chi connectivity index (χ0) is 81.1. The predicted molar refractivity (Wildman–Crippen MR) is 403 cm³/mol. The number of hydrogen-bond acceptors (Lipinski definition) is 26. The quantitative estimate of drug-likeness (QED) is 0.00394. The van der Waals surface area contributed by atoms with E-state index in [1.54, 1.807) is 48.5 Å². The number of phenolic OH excluding ortho intramolecular Hbond substituents is 3. The third kappa shape index (κ3) is 41.9. The first kappa shape index (κ1) is 93.4. The summed E-state index contributed by atoms with van der Waals surface area (Å²) >= 11 is 3.20. The monoisotopic (exact) mass is 1580 g/mol. The highest BCUT2D eigenvalue weighted by Gasteiger charge is 2.22. The third-order valence-corrected chi connectivity index (χ3v) is 14.7. The molecule has 0 radical (unpaired) electrons. The van der Waals surface area contributed by atoms with Gasteiger partial charge in [0.1, 0.15) is 68.4 Å². The van der Waals surface area contributed by atoms with Crippen molar-refractivity contribution in [1.82, 2.24) is 0 Å². The van der Waals surface area contributed by atoms with Gasteiger partial charge in [-0.2, -0.15) is 15.8 Å². The van der Waals surface area contributed by atoms with E-state index in [4.69, 9.17) is 88.7 Å². The number of ether oxygens (including phenoxy) is 10. The number of esters is 7.